The van der Waals surface area contributed by atoms with Crippen LogP contribution >= 0.6 is 11.3 Å². The summed E-state index contributed by atoms with van der Waals surface area (Å²) in [5.41, 5.74) is 2.30. The Kier molecular flexibility index (Phi) is 4.46. The van der Waals surface area contributed by atoms with E-state index in [0.717, 1.165) is 35.8 Å². The van der Waals surface area contributed by atoms with E-state index < -0.39 is 0 Å². The first-order valence-electron chi connectivity index (χ1n) is 6.10. The van der Waals surface area contributed by atoms with Crippen LogP contribution in [0.5, 0.6) is 0 Å². The molecule has 6 heteroatoms. The summed E-state index contributed by atoms with van der Waals surface area (Å²) in [6.45, 7) is 2.85. The Labute approximate surface area is 115 Å². The van der Waals surface area contributed by atoms with Gasteiger partial charge in [0.2, 0.25) is 0 Å². The van der Waals surface area contributed by atoms with Gasteiger partial charge in [-0.1, -0.05) is 19.1 Å². The van der Waals surface area contributed by atoms with E-state index in [-0.39, 0.29) is 10.6 Å². The molecule has 0 saturated heterocycles. The van der Waals surface area contributed by atoms with Gasteiger partial charge in [0.05, 0.1) is 10.6 Å². The highest BCUT2D eigenvalue weighted by atomic mass is 32.1. The zero-order valence-corrected chi connectivity index (χ0v) is 11.4. The molecule has 0 saturated carbocycles. The molecular formula is C13H15N3O2S. The molecular weight excluding hydrogens is 262 g/mol. The number of benzene rings is 1. The lowest BCUT2D eigenvalue weighted by molar-refractivity contribution is -0.384. The number of aromatic nitrogens is 1. The number of nitrogens with zero attached hydrogens (tertiary/aromatic N) is 2. The van der Waals surface area contributed by atoms with Gasteiger partial charge >= 0.3 is 0 Å². The number of nitro groups is 1. The molecule has 2 rings (SSSR count). The van der Waals surface area contributed by atoms with E-state index in [1.165, 1.54) is 12.1 Å². The fourth-order valence-corrected chi connectivity index (χ4v) is 2.47. The molecule has 19 heavy (non-hydrogen) atoms. The van der Waals surface area contributed by atoms with Crippen LogP contribution in [0.4, 0.5) is 10.8 Å². The van der Waals surface area contributed by atoms with Crippen molar-refractivity contribution >= 4 is 22.2 Å². The lowest BCUT2D eigenvalue weighted by atomic mass is 10.1. The molecule has 0 amide bonds. The predicted molar refractivity (Wildman–Crippen MR) is 76.8 cm³/mol. The van der Waals surface area contributed by atoms with Crippen LogP contribution in [0.1, 0.15) is 18.2 Å². The van der Waals surface area contributed by atoms with Gasteiger partial charge < -0.3 is 5.32 Å². The minimum absolute atomic E-state index is 0.129. The van der Waals surface area contributed by atoms with Crippen molar-refractivity contribution in [1.82, 2.24) is 4.98 Å². The molecule has 2 aromatic rings. The largest absolute Gasteiger partial charge is 0.361 e. The van der Waals surface area contributed by atoms with Gasteiger partial charge in [0.1, 0.15) is 0 Å². The molecule has 1 aromatic heterocycles. The molecule has 5 nitrogen and oxygen atoms in total. The van der Waals surface area contributed by atoms with Crippen molar-refractivity contribution in [2.24, 2.45) is 0 Å². The number of hydrogen-bond donors (Lipinski definition) is 1. The van der Waals surface area contributed by atoms with Crippen molar-refractivity contribution in [3.63, 3.8) is 0 Å². The zero-order chi connectivity index (χ0) is 13.7. The molecule has 100 valence electrons. The highest BCUT2D eigenvalue weighted by Crippen LogP contribution is 2.16. The maximum Gasteiger partial charge on any atom is 0.269 e. The number of hydrogen-bond acceptors (Lipinski definition) is 5. The SMILES string of the molecule is CCc1csc(NCCc2ccc([N+](=O)[O-])cc2)n1. The van der Waals surface area contributed by atoms with Gasteiger partial charge in [-0.05, 0) is 18.4 Å². The van der Waals surface area contributed by atoms with E-state index in [0.29, 0.717) is 0 Å². The highest BCUT2D eigenvalue weighted by molar-refractivity contribution is 7.13. The summed E-state index contributed by atoms with van der Waals surface area (Å²) in [6, 6.07) is 6.65. The normalized spacial score (nSPS) is 10.4. The number of aryl methyl sites for hydroxylation is 1. The average Bonchev–Trinajstić information content (AvgIpc) is 2.87. The standard InChI is InChI=1S/C13H15N3O2S/c1-2-11-9-19-13(15-11)14-8-7-10-3-5-12(6-4-10)16(17)18/h3-6,9H,2,7-8H2,1H3,(H,14,15). The molecule has 0 atom stereocenters. The fraction of sp³-hybridized carbons (Fsp3) is 0.308. The minimum atomic E-state index is -0.385. The number of rotatable bonds is 6. The molecule has 0 aliphatic heterocycles. The number of anilines is 1. The summed E-state index contributed by atoms with van der Waals surface area (Å²) in [7, 11) is 0. The van der Waals surface area contributed by atoms with E-state index >= 15 is 0 Å². The topological polar surface area (TPSA) is 68.1 Å². The van der Waals surface area contributed by atoms with Crippen molar-refractivity contribution in [3.05, 3.63) is 51.0 Å². The third-order valence-corrected chi connectivity index (χ3v) is 3.60. The summed E-state index contributed by atoms with van der Waals surface area (Å²) in [6.07, 6.45) is 1.76. The quantitative estimate of drug-likeness (QED) is 0.650. The Morgan fingerprint density at radius 2 is 2.11 bits per heavy atom. The van der Waals surface area contributed by atoms with Crippen molar-refractivity contribution < 1.29 is 4.92 Å². The van der Waals surface area contributed by atoms with Crippen LogP contribution in [0, 0.1) is 10.1 Å². The van der Waals surface area contributed by atoms with E-state index in [9.17, 15) is 10.1 Å². The minimum Gasteiger partial charge on any atom is -0.361 e. The van der Waals surface area contributed by atoms with E-state index in [4.69, 9.17) is 0 Å². The van der Waals surface area contributed by atoms with E-state index in [2.05, 4.69) is 17.2 Å². The zero-order valence-electron chi connectivity index (χ0n) is 10.6. The van der Waals surface area contributed by atoms with Gasteiger partial charge in [-0.15, -0.1) is 11.3 Å². The van der Waals surface area contributed by atoms with Gasteiger partial charge in [-0.2, -0.15) is 0 Å². The molecule has 0 fully saturated rings. The third kappa shape index (κ3) is 3.75. The summed E-state index contributed by atoms with van der Waals surface area (Å²) in [5.74, 6) is 0. The van der Waals surface area contributed by atoms with Crippen LogP contribution in [0.25, 0.3) is 0 Å². The smallest absolute Gasteiger partial charge is 0.269 e. The van der Waals surface area contributed by atoms with Crippen LogP contribution in [-0.4, -0.2) is 16.5 Å². The second-order valence-corrected chi connectivity index (χ2v) is 4.96. The number of nitrogens with one attached hydrogen (secondary N) is 1. The Bertz CT molecular complexity index is 551. The van der Waals surface area contributed by atoms with Crippen molar-refractivity contribution in [2.45, 2.75) is 19.8 Å². The Morgan fingerprint density at radius 1 is 1.37 bits per heavy atom. The van der Waals surface area contributed by atoms with Gasteiger partial charge in [-0.3, -0.25) is 10.1 Å². The molecule has 0 unspecified atom stereocenters. The predicted octanol–water partition coefficient (Wildman–Crippen LogP) is 3.27. The Balaban J connectivity index is 1.83. The summed E-state index contributed by atoms with van der Waals surface area (Å²) in [4.78, 5) is 14.6. The van der Waals surface area contributed by atoms with E-state index in [1.54, 1.807) is 23.5 Å². The molecule has 0 bridgehead atoms. The second kappa shape index (κ2) is 6.29. The number of thiazole rings is 1. The maximum absolute atomic E-state index is 10.5. The number of non-ortho nitro benzene ring substituents is 1. The van der Waals surface area contributed by atoms with Crippen LogP contribution in [0.2, 0.25) is 0 Å². The molecule has 0 aliphatic rings. The van der Waals surface area contributed by atoms with Crippen LogP contribution < -0.4 is 5.32 Å². The third-order valence-electron chi connectivity index (χ3n) is 2.75. The molecule has 1 N–H and O–H groups in total. The summed E-state index contributed by atoms with van der Waals surface area (Å²) in [5, 5.41) is 16.8. The average molecular weight is 277 g/mol. The Morgan fingerprint density at radius 3 is 2.68 bits per heavy atom. The van der Waals surface area contributed by atoms with Crippen molar-refractivity contribution in [2.75, 3.05) is 11.9 Å². The highest BCUT2D eigenvalue weighted by Gasteiger charge is 2.04. The Hall–Kier alpha value is -1.95. The molecule has 1 heterocycles. The van der Waals surface area contributed by atoms with E-state index in [1.807, 2.05) is 5.38 Å². The lowest BCUT2D eigenvalue weighted by Gasteiger charge is -2.02. The molecule has 0 spiro atoms. The molecule has 1 aromatic carbocycles. The lowest BCUT2D eigenvalue weighted by Crippen LogP contribution is -2.04. The van der Waals surface area contributed by atoms with Gasteiger partial charge in [0.25, 0.3) is 5.69 Å². The second-order valence-electron chi connectivity index (χ2n) is 4.10. The first kappa shape index (κ1) is 13.5. The van der Waals surface area contributed by atoms with Crippen molar-refractivity contribution in [1.29, 1.82) is 0 Å². The fourth-order valence-electron chi connectivity index (χ4n) is 1.65. The van der Waals surface area contributed by atoms with Gasteiger partial charge in [0.15, 0.2) is 5.13 Å². The van der Waals surface area contributed by atoms with Gasteiger partial charge in [0, 0.05) is 24.1 Å². The van der Waals surface area contributed by atoms with Gasteiger partial charge in [-0.25, -0.2) is 4.98 Å². The molecule has 0 aliphatic carbocycles. The maximum atomic E-state index is 10.5. The monoisotopic (exact) mass is 277 g/mol. The van der Waals surface area contributed by atoms with Crippen LogP contribution in [-0.2, 0) is 12.8 Å². The van der Waals surface area contributed by atoms with Crippen LogP contribution in [0.15, 0.2) is 29.6 Å². The molecule has 0 radical (unpaired) electrons. The summed E-state index contributed by atoms with van der Waals surface area (Å²) >= 11 is 1.60. The van der Waals surface area contributed by atoms with Crippen molar-refractivity contribution in [3.8, 4) is 0 Å². The first-order chi connectivity index (χ1) is 9.19. The summed E-state index contributed by atoms with van der Waals surface area (Å²) < 4.78 is 0. The van der Waals surface area contributed by atoms with Crippen LogP contribution in [0.3, 0.4) is 0 Å². The first-order valence-corrected chi connectivity index (χ1v) is 6.98. The number of nitro benzene ring substituents is 1.